The van der Waals surface area contributed by atoms with Crippen LogP contribution in [0.4, 0.5) is 13.2 Å². The monoisotopic (exact) mass is 609 g/mol. The molecule has 0 N–H and O–H groups in total. The summed E-state index contributed by atoms with van der Waals surface area (Å²) >= 11 is 0. The second kappa shape index (κ2) is 9.80. The molecule has 4 saturated carbocycles. The number of allylic oxidation sites excluding steroid dienone is 2. The molecular formula is C34H50F3NO5. The molecule has 0 aromatic heterocycles. The van der Waals surface area contributed by atoms with Gasteiger partial charge in [0.15, 0.2) is 5.78 Å². The molecule has 5 aliphatic rings. The third-order valence-electron chi connectivity index (χ3n) is 13.9. The van der Waals surface area contributed by atoms with E-state index in [0.717, 1.165) is 44.8 Å². The van der Waals surface area contributed by atoms with Crippen LogP contribution in [0.15, 0.2) is 11.6 Å². The van der Waals surface area contributed by atoms with Gasteiger partial charge >= 0.3 is 12.3 Å². The molecule has 0 saturated heterocycles. The molecule has 4 fully saturated rings. The van der Waals surface area contributed by atoms with E-state index in [0.29, 0.717) is 19.3 Å². The Kier molecular flexibility index (Phi) is 7.40. The van der Waals surface area contributed by atoms with Crippen LogP contribution in [-0.2, 0) is 24.0 Å². The average Bonchev–Trinajstić information content (AvgIpc) is 2.87. The van der Waals surface area contributed by atoms with E-state index in [-0.39, 0.29) is 69.1 Å². The summed E-state index contributed by atoms with van der Waals surface area (Å²) < 4.78 is 47.0. The number of carbonyl (C=O) groups is 3. The maximum absolute atomic E-state index is 14.5. The van der Waals surface area contributed by atoms with Crippen LogP contribution in [0.1, 0.15) is 113 Å². The molecule has 9 heteroatoms. The number of halogens is 3. The molecule has 9 atom stereocenters. The van der Waals surface area contributed by atoms with Crippen molar-refractivity contribution < 1.29 is 37.1 Å². The molecule has 0 bridgehead atoms. The molecule has 1 unspecified atom stereocenters. The van der Waals surface area contributed by atoms with E-state index in [9.17, 15) is 27.6 Å². The summed E-state index contributed by atoms with van der Waals surface area (Å²) in [4.78, 5) is 44.4. The zero-order valence-electron chi connectivity index (χ0n) is 27.4. The van der Waals surface area contributed by atoms with Crippen LogP contribution < -0.4 is 0 Å². The quantitative estimate of drug-likeness (QED) is 0.185. The fourth-order valence-corrected chi connectivity index (χ4v) is 11.3. The van der Waals surface area contributed by atoms with Crippen LogP contribution >= 0.6 is 0 Å². The topological polar surface area (TPSA) is 72.9 Å². The SMILES string of the molecule is CON(C(=O)[C@@]1(C)CC[C@]2(C)CC[C@]3(C)C(=CC(=O)[C@@H]4[C@@]5(C)CC[C@H](OC(C)=O)C(C)(C)C5CC[C@]43C)[C@@H]2C1)C(F)(F)F. The number of rotatable bonds is 3. The molecule has 242 valence electrons. The number of fused-ring (bicyclic) bond motifs is 7. The summed E-state index contributed by atoms with van der Waals surface area (Å²) in [5.74, 6) is -1.41. The maximum atomic E-state index is 14.5. The van der Waals surface area contributed by atoms with E-state index in [1.807, 2.05) is 6.08 Å². The lowest BCUT2D eigenvalue weighted by Crippen LogP contribution is -2.67. The lowest BCUT2D eigenvalue weighted by Gasteiger charge is -2.70. The highest BCUT2D eigenvalue weighted by atomic mass is 19.4. The fraction of sp³-hybridized carbons (Fsp3) is 0.853. The summed E-state index contributed by atoms with van der Waals surface area (Å²) in [5, 5.41) is -0.425. The maximum Gasteiger partial charge on any atom is 0.511 e. The van der Waals surface area contributed by atoms with Crippen molar-refractivity contribution in [2.75, 3.05) is 7.11 Å². The number of carbonyl (C=O) groups excluding carboxylic acids is 3. The number of nitrogens with zero attached hydrogens (tertiary/aromatic N) is 1. The number of amides is 1. The Labute approximate surface area is 254 Å². The number of hydroxylamine groups is 2. The molecule has 43 heavy (non-hydrogen) atoms. The number of ketones is 1. The van der Waals surface area contributed by atoms with Gasteiger partial charge in [0.25, 0.3) is 5.91 Å². The number of esters is 1. The molecule has 0 aliphatic heterocycles. The predicted molar refractivity (Wildman–Crippen MR) is 155 cm³/mol. The van der Waals surface area contributed by atoms with E-state index < -0.39 is 22.7 Å². The van der Waals surface area contributed by atoms with Gasteiger partial charge in [-0.1, -0.05) is 54.0 Å². The smallest absolute Gasteiger partial charge is 0.462 e. The highest BCUT2D eigenvalue weighted by Crippen LogP contribution is 2.75. The summed E-state index contributed by atoms with van der Waals surface area (Å²) in [6, 6.07) is 0. The molecule has 0 aromatic carbocycles. The van der Waals surface area contributed by atoms with E-state index in [1.54, 1.807) is 6.92 Å². The fourth-order valence-electron chi connectivity index (χ4n) is 11.3. The average molecular weight is 610 g/mol. The first-order chi connectivity index (χ1) is 19.6. The second-order valence-electron chi connectivity index (χ2n) is 16.5. The summed E-state index contributed by atoms with van der Waals surface area (Å²) in [6.45, 7) is 16.5. The van der Waals surface area contributed by atoms with Gasteiger partial charge in [-0.2, -0.15) is 0 Å². The Balaban J connectivity index is 1.54. The van der Waals surface area contributed by atoms with E-state index in [2.05, 4.69) is 46.4 Å². The lowest BCUT2D eigenvalue weighted by atomic mass is 9.33. The van der Waals surface area contributed by atoms with Gasteiger partial charge in [-0.15, -0.1) is 18.2 Å². The van der Waals surface area contributed by atoms with Crippen LogP contribution in [0.2, 0.25) is 0 Å². The largest absolute Gasteiger partial charge is 0.511 e. The zero-order valence-corrected chi connectivity index (χ0v) is 27.4. The summed E-state index contributed by atoms with van der Waals surface area (Å²) in [6.07, 6.45) is 3.02. The standard InChI is InChI=1S/C34H50F3NO5/c1-20(39)43-25-11-12-31(6)24(28(25,2)3)10-13-33(8)26(31)23(40)18-21-22-19-30(5,27(41)38(42-9)34(35,36)37)15-14-29(22,4)16-17-32(21,33)7/h18,22,24-26H,10-17,19H2,1-9H3/t22-,24?,25-,26+,29+,30-,31-,32+,33+/m0/s1. The molecule has 1 amide bonds. The van der Waals surface area contributed by atoms with Crippen LogP contribution in [0, 0.1) is 50.2 Å². The molecule has 5 aliphatic carbocycles. The van der Waals surface area contributed by atoms with Gasteiger partial charge in [0.05, 0.1) is 7.11 Å². The van der Waals surface area contributed by atoms with Gasteiger partial charge in [-0.3, -0.25) is 19.2 Å². The minimum Gasteiger partial charge on any atom is -0.462 e. The molecule has 5 rings (SSSR count). The molecule has 6 nitrogen and oxygen atoms in total. The predicted octanol–water partition coefficient (Wildman–Crippen LogP) is 7.81. The van der Waals surface area contributed by atoms with Gasteiger partial charge in [-0.25, -0.2) is 0 Å². The molecule has 0 spiro atoms. The van der Waals surface area contributed by atoms with E-state index >= 15 is 0 Å². The third kappa shape index (κ3) is 4.47. The van der Waals surface area contributed by atoms with Crippen molar-refractivity contribution in [2.24, 2.45) is 50.2 Å². The van der Waals surface area contributed by atoms with Gasteiger partial charge < -0.3 is 4.74 Å². The second-order valence-corrected chi connectivity index (χ2v) is 16.5. The summed E-state index contributed by atoms with van der Waals surface area (Å²) in [5.41, 5.74) is -1.66. The van der Waals surface area contributed by atoms with Crippen molar-refractivity contribution in [1.29, 1.82) is 0 Å². The molecule has 0 aromatic rings. The van der Waals surface area contributed by atoms with E-state index in [4.69, 9.17) is 4.74 Å². The first kappa shape index (κ1) is 32.5. The lowest BCUT2D eigenvalue weighted by molar-refractivity contribution is -0.347. The Morgan fingerprint density at radius 1 is 0.930 bits per heavy atom. The van der Waals surface area contributed by atoms with Gasteiger partial charge in [0, 0.05) is 23.7 Å². The zero-order chi connectivity index (χ0) is 32.2. The molecular weight excluding hydrogens is 559 g/mol. The molecule has 0 radical (unpaired) electrons. The van der Waals surface area contributed by atoms with Crippen LogP contribution in [0.5, 0.6) is 0 Å². The van der Waals surface area contributed by atoms with Crippen LogP contribution in [-0.4, -0.2) is 42.2 Å². The highest BCUT2D eigenvalue weighted by molar-refractivity contribution is 5.95. The Morgan fingerprint density at radius 2 is 1.56 bits per heavy atom. The van der Waals surface area contributed by atoms with Gasteiger partial charge in [0.1, 0.15) is 6.10 Å². The minimum absolute atomic E-state index is 0.112. The first-order valence-electron chi connectivity index (χ1n) is 16.0. The highest BCUT2D eigenvalue weighted by Gasteiger charge is 2.70. The van der Waals surface area contributed by atoms with Gasteiger partial charge in [0.2, 0.25) is 0 Å². The van der Waals surface area contributed by atoms with Crippen LogP contribution in [0.3, 0.4) is 0 Å². The van der Waals surface area contributed by atoms with Crippen LogP contribution in [0.25, 0.3) is 0 Å². The molecule has 0 heterocycles. The third-order valence-corrected chi connectivity index (χ3v) is 13.9. The van der Waals surface area contributed by atoms with Crippen molar-refractivity contribution in [3.63, 3.8) is 0 Å². The Morgan fingerprint density at radius 3 is 2.14 bits per heavy atom. The number of ether oxygens (including phenoxy) is 1. The van der Waals surface area contributed by atoms with Crippen molar-refractivity contribution in [2.45, 2.75) is 126 Å². The Hall–Kier alpha value is -1.90. The minimum atomic E-state index is -4.94. The Bertz CT molecular complexity index is 1240. The van der Waals surface area contributed by atoms with Gasteiger partial charge in [-0.05, 0) is 97.4 Å². The number of hydrogen-bond donors (Lipinski definition) is 0. The summed E-state index contributed by atoms with van der Waals surface area (Å²) in [7, 11) is 0.876. The van der Waals surface area contributed by atoms with Crippen molar-refractivity contribution >= 4 is 17.7 Å². The first-order valence-corrected chi connectivity index (χ1v) is 16.0. The van der Waals surface area contributed by atoms with Crippen molar-refractivity contribution in [3.05, 3.63) is 11.6 Å². The van der Waals surface area contributed by atoms with Crippen molar-refractivity contribution in [3.8, 4) is 0 Å². The normalized spacial score (nSPS) is 45.5. The number of alkyl halides is 3. The number of hydrogen-bond acceptors (Lipinski definition) is 5. The van der Waals surface area contributed by atoms with E-state index in [1.165, 1.54) is 6.92 Å². The van der Waals surface area contributed by atoms with Crippen molar-refractivity contribution in [1.82, 2.24) is 5.06 Å².